The number of hydrogen-bond donors (Lipinski definition) is 2. The first-order valence-electron chi connectivity index (χ1n) is 3.31. The number of alkyl halides is 1. The molecule has 0 unspecified atom stereocenters. The van der Waals surface area contributed by atoms with Gasteiger partial charge in [-0.2, -0.15) is 0 Å². The zero-order valence-corrected chi connectivity index (χ0v) is 6.99. The molecular formula is C5H11FN2O2S. The van der Waals surface area contributed by atoms with Gasteiger partial charge in [-0.15, -0.1) is 0 Å². The zero-order chi connectivity index (χ0) is 8.48. The van der Waals surface area contributed by atoms with E-state index >= 15 is 0 Å². The number of nitrogens with one attached hydrogen (secondary N) is 2. The molecule has 4 nitrogen and oxygen atoms in total. The molecule has 1 saturated heterocycles. The average molecular weight is 182 g/mol. The summed E-state index contributed by atoms with van der Waals surface area (Å²) in [7, 11) is -3.18. The largest absolute Gasteiger partial charge is 0.307 e. The van der Waals surface area contributed by atoms with Crippen molar-refractivity contribution in [2.45, 2.75) is 12.2 Å². The fourth-order valence-corrected chi connectivity index (χ4v) is 1.30. The summed E-state index contributed by atoms with van der Waals surface area (Å²) in [5, 5.41) is 2.77. The lowest BCUT2D eigenvalue weighted by Gasteiger charge is -2.31. The average Bonchev–Trinajstić information content (AvgIpc) is 1.82. The molecule has 0 aromatic carbocycles. The lowest BCUT2D eigenvalue weighted by Crippen LogP contribution is -2.59. The van der Waals surface area contributed by atoms with Crippen molar-refractivity contribution < 1.29 is 12.8 Å². The van der Waals surface area contributed by atoms with E-state index in [0.717, 1.165) is 6.26 Å². The molecule has 1 heterocycles. The van der Waals surface area contributed by atoms with Gasteiger partial charge in [0, 0.05) is 13.1 Å². The fourth-order valence-electron chi connectivity index (χ4n) is 0.815. The molecule has 2 atom stereocenters. The molecule has 0 amide bonds. The SMILES string of the molecule is CS(=O)(=O)NC[C@H]1NC[C@H]1F. The van der Waals surface area contributed by atoms with Crippen molar-refractivity contribution in [2.75, 3.05) is 19.3 Å². The van der Waals surface area contributed by atoms with Crippen LogP contribution in [0.15, 0.2) is 0 Å². The Kier molecular flexibility index (Phi) is 2.46. The van der Waals surface area contributed by atoms with E-state index in [1.165, 1.54) is 0 Å². The Labute approximate surface area is 65.2 Å². The molecule has 1 aliphatic heterocycles. The van der Waals surface area contributed by atoms with E-state index in [1.807, 2.05) is 0 Å². The van der Waals surface area contributed by atoms with Crippen LogP contribution in [0.4, 0.5) is 4.39 Å². The Morgan fingerprint density at radius 2 is 2.36 bits per heavy atom. The van der Waals surface area contributed by atoms with Crippen LogP contribution in [-0.4, -0.2) is 40.0 Å². The van der Waals surface area contributed by atoms with Crippen molar-refractivity contribution in [1.29, 1.82) is 0 Å². The van der Waals surface area contributed by atoms with Crippen LogP contribution in [0.5, 0.6) is 0 Å². The minimum atomic E-state index is -3.18. The van der Waals surface area contributed by atoms with Crippen LogP contribution < -0.4 is 10.0 Å². The third-order valence-corrected chi connectivity index (χ3v) is 2.27. The van der Waals surface area contributed by atoms with Gasteiger partial charge in [-0.1, -0.05) is 0 Å². The summed E-state index contributed by atoms with van der Waals surface area (Å²) in [5.41, 5.74) is 0. The molecule has 0 aromatic heterocycles. The van der Waals surface area contributed by atoms with Crippen LogP contribution in [0, 0.1) is 0 Å². The van der Waals surface area contributed by atoms with E-state index in [9.17, 15) is 12.8 Å². The van der Waals surface area contributed by atoms with Crippen LogP contribution in [0.25, 0.3) is 0 Å². The highest BCUT2D eigenvalue weighted by atomic mass is 32.2. The molecule has 0 aromatic rings. The third-order valence-electron chi connectivity index (χ3n) is 1.58. The standard InChI is InChI=1S/C5H11FN2O2S/c1-11(9,10)8-3-5-4(6)2-7-5/h4-5,7-8H,2-3H2,1H3/t4-,5-/m1/s1. The molecule has 66 valence electrons. The van der Waals surface area contributed by atoms with Crippen molar-refractivity contribution in [3.63, 3.8) is 0 Å². The quantitative estimate of drug-likeness (QED) is 0.579. The van der Waals surface area contributed by atoms with Crippen LogP contribution in [0.3, 0.4) is 0 Å². The first kappa shape index (κ1) is 8.89. The highest BCUT2D eigenvalue weighted by Crippen LogP contribution is 2.06. The lowest BCUT2D eigenvalue weighted by molar-refractivity contribution is 0.160. The highest BCUT2D eigenvalue weighted by Gasteiger charge is 2.30. The Hall–Kier alpha value is -0.200. The van der Waals surface area contributed by atoms with Gasteiger partial charge in [-0.25, -0.2) is 17.5 Å². The van der Waals surface area contributed by atoms with Gasteiger partial charge in [0.25, 0.3) is 0 Å². The zero-order valence-electron chi connectivity index (χ0n) is 6.17. The molecule has 1 aliphatic rings. The molecule has 0 aliphatic carbocycles. The topological polar surface area (TPSA) is 58.2 Å². The molecule has 6 heteroatoms. The first-order chi connectivity index (χ1) is 4.99. The van der Waals surface area contributed by atoms with E-state index in [2.05, 4.69) is 10.0 Å². The molecule has 1 rings (SSSR count). The van der Waals surface area contributed by atoms with Crippen molar-refractivity contribution in [3.05, 3.63) is 0 Å². The summed E-state index contributed by atoms with van der Waals surface area (Å²) in [6.07, 6.45) is 0.142. The summed E-state index contributed by atoms with van der Waals surface area (Å²) in [5.74, 6) is 0. The molecule has 2 N–H and O–H groups in total. The molecule has 0 bridgehead atoms. The van der Waals surface area contributed by atoms with Gasteiger partial charge in [0.05, 0.1) is 12.3 Å². The van der Waals surface area contributed by atoms with Crippen molar-refractivity contribution in [2.24, 2.45) is 0 Å². The van der Waals surface area contributed by atoms with Gasteiger partial charge in [-0.3, -0.25) is 0 Å². The second-order valence-corrected chi connectivity index (χ2v) is 4.48. The summed E-state index contributed by atoms with van der Waals surface area (Å²) < 4.78 is 35.7. The van der Waals surface area contributed by atoms with Gasteiger partial charge in [0.15, 0.2) is 0 Å². The smallest absolute Gasteiger partial charge is 0.208 e. The maximum atomic E-state index is 12.5. The van der Waals surface area contributed by atoms with Gasteiger partial charge in [0.1, 0.15) is 6.17 Å². The predicted octanol–water partition coefficient (Wildman–Crippen LogP) is -1.15. The summed E-state index contributed by atoms with van der Waals surface area (Å²) in [6.45, 7) is 0.468. The van der Waals surface area contributed by atoms with Crippen molar-refractivity contribution >= 4 is 10.0 Å². The molecular weight excluding hydrogens is 171 g/mol. The second kappa shape index (κ2) is 3.04. The molecule has 0 spiro atoms. The molecule has 0 radical (unpaired) electrons. The Bertz CT molecular complexity index is 229. The second-order valence-electron chi connectivity index (χ2n) is 2.65. The molecule has 0 saturated carbocycles. The van der Waals surface area contributed by atoms with Crippen molar-refractivity contribution in [1.82, 2.24) is 10.0 Å². The van der Waals surface area contributed by atoms with Crippen LogP contribution in [0.2, 0.25) is 0 Å². The van der Waals surface area contributed by atoms with E-state index in [0.29, 0.717) is 6.54 Å². The summed E-state index contributed by atoms with van der Waals surface area (Å²) in [4.78, 5) is 0. The van der Waals surface area contributed by atoms with Crippen LogP contribution >= 0.6 is 0 Å². The van der Waals surface area contributed by atoms with E-state index in [-0.39, 0.29) is 12.6 Å². The maximum Gasteiger partial charge on any atom is 0.208 e. The highest BCUT2D eigenvalue weighted by molar-refractivity contribution is 7.88. The van der Waals surface area contributed by atoms with Gasteiger partial charge in [0.2, 0.25) is 10.0 Å². The summed E-state index contributed by atoms with van der Waals surface area (Å²) >= 11 is 0. The minimum Gasteiger partial charge on any atom is -0.307 e. The van der Waals surface area contributed by atoms with Gasteiger partial charge >= 0.3 is 0 Å². The number of hydrogen-bond acceptors (Lipinski definition) is 3. The molecule has 1 fully saturated rings. The maximum absolute atomic E-state index is 12.5. The fraction of sp³-hybridized carbons (Fsp3) is 1.00. The van der Waals surface area contributed by atoms with Crippen LogP contribution in [0.1, 0.15) is 0 Å². The number of rotatable bonds is 3. The van der Waals surface area contributed by atoms with Crippen molar-refractivity contribution in [3.8, 4) is 0 Å². The first-order valence-corrected chi connectivity index (χ1v) is 5.20. The van der Waals surface area contributed by atoms with Crippen LogP contribution in [-0.2, 0) is 10.0 Å². The number of sulfonamides is 1. The molecule has 11 heavy (non-hydrogen) atoms. The normalized spacial score (nSPS) is 31.5. The number of halogens is 1. The van der Waals surface area contributed by atoms with Gasteiger partial charge in [-0.05, 0) is 0 Å². The Morgan fingerprint density at radius 1 is 1.73 bits per heavy atom. The minimum absolute atomic E-state index is 0.139. The van der Waals surface area contributed by atoms with Gasteiger partial charge < -0.3 is 5.32 Å². The monoisotopic (exact) mass is 182 g/mol. The van der Waals surface area contributed by atoms with E-state index in [4.69, 9.17) is 0 Å². The lowest BCUT2D eigenvalue weighted by atomic mass is 10.1. The predicted molar refractivity (Wildman–Crippen MR) is 39.5 cm³/mol. The van der Waals surface area contributed by atoms with E-state index < -0.39 is 16.2 Å². The third kappa shape index (κ3) is 2.72. The van der Waals surface area contributed by atoms with E-state index in [1.54, 1.807) is 0 Å². The summed E-state index contributed by atoms with van der Waals surface area (Å²) in [6, 6.07) is -0.343. The Balaban J connectivity index is 2.23. The Morgan fingerprint density at radius 3 is 2.64 bits per heavy atom.